The minimum atomic E-state index is -0.728. The molecular weight excluding hydrogens is 284 g/mol. The number of aliphatic hydroxyl groups is 2. The molecule has 2 aromatic rings. The molecular formula is C11H14N4O2S2. The second kappa shape index (κ2) is 4.71. The number of nitrogens with zero attached hydrogens (tertiary/aromatic N) is 3. The molecule has 0 bridgehead atoms. The molecule has 2 atom stereocenters. The van der Waals surface area contributed by atoms with Gasteiger partial charge in [-0.1, -0.05) is 0 Å². The lowest BCUT2D eigenvalue weighted by atomic mass is 10.3. The first kappa shape index (κ1) is 12.8. The topological polar surface area (TPSA) is 95.5 Å². The van der Waals surface area contributed by atoms with Gasteiger partial charge in [-0.05, 0) is 18.5 Å². The summed E-state index contributed by atoms with van der Waals surface area (Å²) >= 11 is 2.80. The summed E-state index contributed by atoms with van der Waals surface area (Å²) in [6, 6.07) is 0. The van der Waals surface area contributed by atoms with Gasteiger partial charge < -0.3 is 20.8 Å². The zero-order chi connectivity index (χ0) is 13.6. The van der Waals surface area contributed by atoms with Crippen molar-refractivity contribution in [2.24, 2.45) is 0 Å². The van der Waals surface area contributed by atoms with Crippen LogP contribution in [0.2, 0.25) is 0 Å². The Morgan fingerprint density at radius 1 is 1.37 bits per heavy atom. The van der Waals surface area contributed by atoms with E-state index in [0.717, 1.165) is 21.3 Å². The smallest absolute Gasteiger partial charge is 0.149 e. The van der Waals surface area contributed by atoms with Crippen LogP contribution in [0.5, 0.6) is 0 Å². The van der Waals surface area contributed by atoms with Gasteiger partial charge in [-0.3, -0.25) is 0 Å². The van der Waals surface area contributed by atoms with Crippen molar-refractivity contribution in [1.82, 2.24) is 9.36 Å². The molecule has 0 amide bonds. The molecule has 0 saturated carbocycles. The van der Waals surface area contributed by atoms with Crippen molar-refractivity contribution in [2.45, 2.75) is 19.1 Å². The van der Waals surface area contributed by atoms with Gasteiger partial charge in [-0.15, -0.1) is 11.3 Å². The molecule has 1 aliphatic rings. The number of β-amino-alcohol motifs (C(OH)–C–C–N with tert-alkyl or cyclic N) is 2. The van der Waals surface area contributed by atoms with Crippen LogP contribution >= 0.6 is 22.9 Å². The summed E-state index contributed by atoms with van der Waals surface area (Å²) in [4.78, 5) is 6.35. The molecule has 6 nitrogen and oxygen atoms in total. The lowest BCUT2D eigenvalue weighted by Gasteiger charge is -2.16. The van der Waals surface area contributed by atoms with Crippen LogP contribution in [0.3, 0.4) is 0 Å². The van der Waals surface area contributed by atoms with Crippen molar-refractivity contribution in [3.63, 3.8) is 0 Å². The fourth-order valence-corrected chi connectivity index (χ4v) is 3.86. The van der Waals surface area contributed by atoms with Crippen LogP contribution in [-0.2, 0) is 0 Å². The van der Waals surface area contributed by atoms with Gasteiger partial charge in [-0.25, -0.2) is 4.98 Å². The highest BCUT2D eigenvalue weighted by molar-refractivity contribution is 7.15. The molecule has 102 valence electrons. The number of thiazole rings is 1. The van der Waals surface area contributed by atoms with E-state index in [0.29, 0.717) is 18.9 Å². The van der Waals surface area contributed by atoms with Crippen molar-refractivity contribution in [1.29, 1.82) is 0 Å². The van der Waals surface area contributed by atoms with Crippen molar-refractivity contribution in [2.75, 3.05) is 23.7 Å². The van der Waals surface area contributed by atoms with E-state index in [1.165, 1.54) is 22.9 Å². The third kappa shape index (κ3) is 2.20. The number of hydrogen-bond donors (Lipinski definition) is 3. The fourth-order valence-electron chi connectivity index (χ4n) is 2.11. The Hall–Kier alpha value is -1.22. The summed E-state index contributed by atoms with van der Waals surface area (Å²) in [5.41, 5.74) is 7.69. The highest BCUT2D eigenvalue weighted by Crippen LogP contribution is 2.41. The maximum atomic E-state index is 9.65. The second-order valence-corrected chi connectivity index (χ2v) is 6.19. The standard InChI is InChI=1S/C11H14N4O2S2/c1-5-4-18-10(13-5)8-9(12)14-19-11(8)15-2-6(16)7(17)3-15/h4,6-7,16-17H,2-3H2,1H3,(H2,12,14). The first-order chi connectivity index (χ1) is 9.06. The van der Waals surface area contributed by atoms with Gasteiger partial charge in [0.15, 0.2) is 0 Å². The largest absolute Gasteiger partial charge is 0.389 e. The van der Waals surface area contributed by atoms with Crippen molar-refractivity contribution in [3.8, 4) is 10.6 Å². The first-order valence-corrected chi connectivity index (χ1v) is 7.50. The predicted octanol–water partition coefficient (Wildman–Crippen LogP) is 0.699. The molecule has 19 heavy (non-hydrogen) atoms. The van der Waals surface area contributed by atoms with E-state index < -0.39 is 12.2 Å². The van der Waals surface area contributed by atoms with E-state index in [-0.39, 0.29) is 0 Å². The third-order valence-corrected chi connectivity index (χ3v) is 4.98. The molecule has 1 fully saturated rings. The summed E-state index contributed by atoms with van der Waals surface area (Å²) < 4.78 is 4.18. The van der Waals surface area contributed by atoms with E-state index in [2.05, 4.69) is 9.36 Å². The van der Waals surface area contributed by atoms with E-state index in [1.54, 1.807) is 0 Å². The molecule has 0 aromatic carbocycles. The van der Waals surface area contributed by atoms with Gasteiger partial charge in [-0.2, -0.15) is 4.37 Å². The fraction of sp³-hybridized carbons (Fsp3) is 0.455. The van der Waals surface area contributed by atoms with Crippen LogP contribution in [0.1, 0.15) is 5.69 Å². The highest BCUT2D eigenvalue weighted by atomic mass is 32.1. The molecule has 2 unspecified atom stereocenters. The van der Waals surface area contributed by atoms with Crippen LogP contribution in [0, 0.1) is 6.92 Å². The average Bonchev–Trinajstić information content (AvgIpc) is 3.01. The number of nitrogen functional groups attached to an aromatic ring is 1. The van der Waals surface area contributed by atoms with Crippen LogP contribution < -0.4 is 10.6 Å². The van der Waals surface area contributed by atoms with Gasteiger partial charge >= 0.3 is 0 Å². The number of rotatable bonds is 2. The quantitative estimate of drug-likeness (QED) is 0.755. The van der Waals surface area contributed by atoms with Crippen LogP contribution in [0.25, 0.3) is 10.6 Å². The molecule has 2 aromatic heterocycles. The maximum Gasteiger partial charge on any atom is 0.149 e. The highest BCUT2D eigenvalue weighted by Gasteiger charge is 2.33. The van der Waals surface area contributed by atoms with Gasteiger partial charge in [0.2, 0.25) is 0 Å². The second-order valence-electron chi connectivity index (χ2n) is 4.58. The average molecular weight is 298 g/mol. The van der Waals surface area contributed by atoms with Crippen molar-refractivity contribution < 1.29 is 10.2 Å². The van der Waals surface area contributed by atoms with Crippen LogP contribution in [0.15, 0.2) is 5.38 Å². The summed E-state index contributed by atoms with van der Waals surface area (Å²) in [7, 11) is 0. The SMILES string of the molecule is Cc1csc(-c2c(N)nsc2N2CC(O)C(O)C2)n1. The molecule has 1 aliphatic heterocycles. The summed E-state index contributed by atoms with van der Waals surface area (Å²) in [5.74, 6) is 0.449. The first-order valence-electron chi connectivity index (χ1n) is 5.85. The van der Waals surface area contributed by atoms with Crippen molar-refractivity contribution in [3.05, 3.63) is 11.1 Å². The molecule has 1 saturated heterocycles. The monoisotopic (exact) mass is 298 g/mol. The Kier molecular flexibility index (Phi) is 3.17. The predicted molar refractivity (Wildman–Crippen MR) is 76.6 cm³/mol. The summed E-state index contributed by atoms with van der Waals surface area (Å²) in [5, 5.41) is 23.0. The van der Waals surface area contributed by atoms with Gasteiger partial charge in [0, 0.05) is 24.2 Å². The van der Waals surface area contributed by atoms with Crippen LogP contribution in [0.4, 0.5) is 10.8 Å². The molecule has 3 rings (SSSR count). The number of aromatic nitrogens is 2. The molecule has 8 heteroatoms. The number of hydrogen-bond acceptors (Lipinski definition) is 8. The van der Waals surface area contributed by atoms with Gasteiger partial charge in [0.1, 0.15) is 15.8 Å². The Balaban J connectivity index is 2.00. The number of aryl methyl sites for hydroxylation is 1. The lowest BCUT2D eigenvalue weighted by Crippen LogP contribution is -2.22. The Morgan fingerprint density at radius 2 is 2.05 bits per heavy atom. The Labute approximate surface area is 118 Å². The van der Waals surface area contributed by atoms with E-state index in [9.17, 15) is 10.2 Å². The minimum Gasteiger partial charge on any atom is -0.389 e. The van der Waals surface area contributed by atoms with E-state index in [1.807, 2.05) is 17.2 Å². The van der Waals surface area contributed by atoms with Crippen molar-refractivity contribution >= 4 is 33.7 Å². The van der Waals surface area contributed by atoms with Gasteiger partial charge in [0.25, 0.3) is 0 Å². The molecule has 4 N–H and O–H groups in total. The molecule has 0 radical (unpaired) electrons. The molecule has 0 aliphatic carbocycles. The third-order valence-electron chi connectivity index (χ3n) is 3.08. The van der Waals surface area contributed by atoms with E-state index >= 15 is 0 Å². The minimum absolute atomic E-state index is 0.389. The molecule has 0 spiro atoms. The Morgan fingerprint density at radius 3 is 2.63 bits per heavy atom. The normalized spacial score (nSPS) is 23.2. The zero-order valence-electron chi connectivity index (χ0n) is 10.3. The Bertz CT molecular complexity index is 587. The number of anilines is 2. The van der Waals surface area contributed by atoms with Crippen LogP contribution in [-0.4, -0.2) is 44.9 Å². The van der Waals surface area contributed by atoms with E-state index in [4.69, 9.17) is 5.73 Å². The zero-order valence-corrected chi connectivity index (χ0v) is 11.9. The van der Waals surface area contributed by atoms with Gasteiger partial charge in [0.05, 0.1) is 17.8 Å². The molecule has 3 heterocycles. The summed E-state index contributed by atoms with van der Waals surface area (Å²) in [6.45, 7) is 2.71. The maximum absolute atomic E-state index is 9.65. The lowest BCUT2D eigenvalue weighted by molar-refractivity contribution is 0.0572. The summed E-state index contributed by atoms with van der Waals surface area (Å²) in [6.07, 6.45) is -1.46. The number of nitrogens with two attached hydrogens (primary N) is 1. The number of aliphatic hydroxyl groups excluding tert-OH is 2.